The van der Waals surface area contributed by atoms with Crippen molar-refractivity contribution in [3.8, 4) is 22.8 Å². The van der Waals surface area contributed by atoms with E-state index >= 15 is 0 Å². The molecule has 1 aliphatic heterocycles. The summed E-state index contributed by atoms with van der Waals surface area (Å²) in [7, 11) is 0.739. The summed E-state index contributed by atoms with van der Waals surface area (Å²) in [6.45, 7) is 18.6. The predicted octanol–water partition coefficient (Wildman–Crippen LogP) is 8.20. The molecule has 2 nitrogen and oxygen atoms in total. The zero-order chi connectivity index (χ0) is 25.7. The molecular weight excluding hydrogens is 454 g/mol. The summed E-state index contributed by atoms with van der Waals surface area (Å²) < 4.78 is 9.30. The fourth-order valence-electron chi connectivity index (χ4n) is 6.09. The van der Waals surface area contributed by atoms with Gasteiger partial charge in [0.1, 0.15) is 18.5 Å². The van der Waals surface area contributed by atoms with Crippen LogP contribution in [-0.2, 0) is 12.5 Å². The van der Waals surface area contributed by atoms with Crippen molar-refractivity contribution in [3.63, 3.8) is 0 Å². The molecule has 6 rings (SSSR count). The summed E-state index contributed by atoms with van der Waals surface area (Å²) in [5, 5.41) is 9.15. The molecule has 0 spiro atoms. The maximum atomic E-state index is 7.01. The fourth-order valence-corrected chi connectivity index (χ4v) is 7.26. The Bertz CT molecular complexity index is 1750. The van der Waals surface area contributed by atoms with Crippen LogP contribution in [0.15, 0.2) is 54.7 Å². The number of fused-ring (bicyclic) bond motifs is 5. The predicted molar refractivity (Wildman–Crippen MR) is 157 cm³/mol. The van der Waals surface area contributed by atoms with E-state index in [0.29, 0.717) is 0 Å². The van der Waals surface area contributed by atoms with Crippen LogP contribution in [0.5, 0.6) is 11.5 Å². The van der Waals surface area contributed by atoms with Crippen LogP contribution in [0.4, 0.5) is 0 Å². The smallest absolute Gasteiger partial charge is 0.228 e. The maximum Gasteiger partial charge on any atom is 0.228 e. The van der Waals surface area contributed by atoms with Gasteiger partial charge in [0.25, 0.3) is 0 Å². The third-order valence-corrected chi connectivity index (χ3v) is 9.98. The molecule has 4 aromatic carbocycles. The van der Waals surface area contributed by atoms with Gasteiger partial charge in [-0.15, -0.1) is 0 Å². The molecule has 5 aromatic rings. The Kier molecular flexibility index (Phi) is 4.79. The summed E-state index contributed by atoms with van der Waals surface area (Å²) in [5.74, 6) is 1.99. The lowest BCUT2D eigenvalue weighted by Gasteiger charge is -2.31. The highest BCUT2D eigenvalue weighted by Crippen LogP contribution is 2.54. The minimum Gasteiger partial charge on any atom is -0.455 e. The first-order valence-electron chi connectivity index (χ1n) is 13.0. The van der Waals surface area contributed by atoms with Gasteiger partial charge in [0, 0.05) is 17.0 Å². The number of hydrogen-bond acceptors (Lipinski definition) is 1. The van der Waals surface area contributed by atoms with Crippen molar-refractivity contribution in [2.24, 2.45) is 7.05 Å². The van der Waals surface area contributed by atoms with Crippen molar-refractivity contribution in [2.45, 2.75) is 59.7 Å². The van der Waals surface area contributed by atoms with Gasteiger partial charge < -0.3 is 4.74 Å². The van der Waals surface area contributed by atoms with E-state index in [2.05, 4.69) is 121 Å². The molecule has 0 amide bonds. The fraction of sp³-hybridized carbons (Fsp3) is 0.303. The number of nitrogens with zero attached hydrogens (tertiary/aromatic N) is 1. The van der Waals surface area contributed by atoms with E-state index in [1.807, 2.05) is 0 Å². The van der Waals surface area contributed by atoms with Crippen molar-refractivity contribution in [1.82, 2.24) is 0 Å². The van der Waals surface area contributed by atoms with E-state index in [0.717, 1.165) is 11.5 Å². The van der Waals surface area contributed by atoms with Gasteiger partial charge in [0.2, 0.25) is 5.69 Å². The van der Waals surface area contributed by atoms with Crippen LogP contribution in [0, 0.1) is 13.8 Å². The molecule has 2 heterocycles. The van der Waals surface area contributed by atoms with Gasteiger partial charge in [-0.3, -0.25) is 0 Å². The maximum absolute atomic E-state index is 7.01. The number of ether oxygens (including phenoxy) is 1. The first-order chi connectivity index (χ1) is 16.9. The summed E-state index contributed by atoms with van der Waals surface area (Å²) in [4.78, 5) is 0. The van der Waals surface area contributed by atoms with Gasteiger partial charge in [-0.1, -0.05) is 87.6 Å². The minimum absolute atomic E-state index is 0.0723. The molecule has 0 N–H and O–H groups in total. The summed E-state index contributed by atoms with van der Waals surface area (Å²) in [6.07, 6.45) is 2.22. The average molecular weight is 491 g/mol. The van der Waals surface area contributed by atoms with E-state index in [1.54, 1.807) is 0 Å². The second kappa shape index (κ2) is 7.42. The molecule has 0 fully saturated rings. The van der Waals surface area contributed by atoms with Crippen LogP contribution in [0.3, 0.4) is 0 Å². The normalized spacial score (nSPS) is 13.4. The Hall–Kier alpha value is -3.17. The van der Waals surface area contributed by atoms with Gasteiger partial charge in [-0.05, 0) is 52.4 Å². The first kappa shape index (κ1) is 23.2. The quantitative estimate of drug-likeness (QED) is 0.129. The van der Waals surface area contributed by atoms with Crippen molar-refractivity contribution in [3.05, 3.63) is 71.4 Å². The van der Waals surface area contributed by atoms with E-state index in [4.69, 9.17) is 4.74 Å². The van der Waals surface area contributed by atoms with Crippen molar-refractivity contribution in [2.75, 3.05) is 0 Å². The monoisotopic (exact) mass is 490 g/mol. The van der Waals surface area contributed by atoms with Crippen molar-refractivity contribution < 1.29 is 9.30 Å². The topological polar surface area (TPSA) is 13.1 Å². The number of aromatic nitrogens is 1. The molecule has 0 unspecified atom stereocenters. The van der Waals surface area contributed by atoms with Crippen LogP contribution in [0.1, 0.15) is 37.5 Å². The SMILES string of the molecule is Cc1ccc2c(C(C)(C)C)c3c(c(C)c2c1)-c1c2c(cc4cc([Si](C)(C)C)ccc4c2cc[n+]1C)O3. The Morgan fingerprint density at radius 3 is 2.22 bits per heavy atom. The van der Waals surface area contributed by atoms with Gasteiger partial charge in [0.15, 0.2) is 6.20 Å². The molecule has 182 valence electrons. The van der Waals surface area contributed by atoms with Gasteiger partial charge in [-0.2, -0.15) is 0 Å². The summed E-state index contributed by atoms with van der Waals surface area (Å²) in [5.41, 5.74) is 6.28. The second-order valence-corrected chi connectivity index (χ2v) is 17.8. The third-order valence-electron chi connectivity index (χ3n) is 7.94. The lowest BCUT2D eigenvalue weighted by Crippen LogP contribution is -2.37. The van der Waals surface area contributed by atoms with Gasteiger partial charge >= 0.3 is 0 Å². The van der Waals surface area contributed by atoms with Crippen molar-refractivity contribution in [1.29, 1.82) is 0 Å². The molecular formula is C33H36NOSi+. The Morgan fingerprint density at radius 2 is 1.53 bits per heavy atom. The lowest BCUT2D eigenvalue weighted by atomic mass is 9.78. The molecule has 0 radical (unpaired) electrons. The molecule has 36 heavy (non-hydrogen) atoms. The number of hydrogen-bond donors (Lipinski definition) is 0. The highest BCUT2D eigenvalue weighted by atomic mass is 28.3. The number of pyridine rings is 1. The molecule has 0 saturated carbocycles. The molecule has 0 atom stereocenters. The number of benzene rings is 4. The highest BCUT2D eigenvalue weighted by Gasteiger charge is 2.36. The lowest BCUT2D eigenvalue weighted by molar-refractivity contribution is -0.659. The zero-order valence-electron chi connectivity index (χ0n) is 23.1. The van der Waals surface area contributed by atoms with Crippen LogP contribution in [0.25, 0.3) is 43.6 Å². The summed E-state index contributed by atoms with van der Waals surface area (Å²) >= 11 is 0. The molecule has 0 bridgehead atoms. The molecule has 0 aliphatic carbocycles. The second-order valence-electron chi connectivity index (χ2n) is 12.7. The Balaban J connectivity index is 1.81. The highest BCUT2D eigenvalue weighted by molar-refractivity contribution is 6.88. The van der Waals surface area contributed by atoms with E-state index in [-0.39, 0.29) is 5.41 Å². The van der Waals surface area contributed by atoms with Gasteiger partial charge in [0.05, 0.1) is 19.0 Å². The largest absolute Gasteiger partial charge is 0.455 e. The van der Waals surface area contributed by atoms with E-state index < -0.39 is 8.07 Å². The van der Waals surface area contributed by atoms with Crippen LogP contribution >= 0.6 is 0 Å². The minimum atomic E-state index is -1.43. The Morgan fingerprint density at radius 1 is 0.806 bits per heavy atom. The first-order valence-corrected chi connectivity index (χ1v) is 16.5. The molecule has 0 saturated heterocycles. The van der Waals surface area contributed by atoms with Crippen LogP contribution in [-0.4, -0.2) is 8.07 Å². The summed E-state index contributed by atoms with van der Waals surface area (Å²) in [6, 6.07) is 18.5. The van der Waals surface area contributed by atoms with E-state index in [1.165, 1.54) is 65.5 Å². The Labute approximate surface area is 215 Å². The number of rotatable bonds is 1. The molecule has 3 heteroatoms. The number of aryl methyl sites for hydroxylation is 3. The molecule has 1 aliphatic rings. The standard InChI is InChI=1S/C33H36NOSi/c1-19-10-12-25-26(16-19)20(2)28-31-29-24(14-15-34(31)6)23-13-11-22(36(7,8)9)17-21(23)18-27(29)35-32(28)30(25)33(3,4)5/h10-18H,1-9H3/q+1. The third kappa shape index (κ3) is 3.25. The van der Waals surface area contributed by atoms with Crippen molar-refractivity contribution >= 4 is 45.6 Å². The van der Waals surface area contributed by atoms with E-state index in [9.17, 15) is 0 Å². The van der Waals surface area contributed by atoms with Crippen LogP contribution in [0.2, 0.25) is 19.6 Å². The zero-order valence-corrected chi connectivity index (χ0v) is 24.1. The average Bonchev–Trinajstić information content (AvgIpc) is 2.79. The molecule has 1 aromatic heterocycles. The van der Waals surface area contributed by atoms with Gasteiger partial charge in [-0.25, -0.2) is 4.57 Å². The van der Waals surface area contributed by atoms with Crippen LogP contribution < -0.4 is 14.5 Å².